The smallest absolute Gasteiger partial charge is 0.267 e. The van der Waals surface area contributed by atoms with Crippen molar-refractivity contribution in [3.05, 3.63) is 75.5 Å². The largest absolute Gasteiger partial charge is 0.316 e. The second kappa shape index (κ2) is 8.49. The average molecular weight is 434 g/mol. The van der Waals surface area contributed by atoms with Crippen LogP contribution < -0.4 is 10.9 Å². The molecule has 0 aliphatic rings. The number of aryl methyl sites for hydroxylation is 1. The van der Waals surface area contributed by atoms with Gasteiger partial charge in [-0.3, -0.25) is 9.59 Å². The van der Waals surface area contributed by atoms with Gasteiger partial charge in [0.15, 0.2) is 5.16 Å². The van der Waals surface area contributed by atoms with Gasteiger partial charge in [-0.15, -0.1) is 11.3 Å². The molecule has 1 aromatic carbocycles. The van der Waals surface area contributed by atoms with Gasteiger partial charge in [0.2, 0.25) is 5.91 Å². The molecule has 0 aliphatic heterocycles. The fraction of sp³-hybridized carbons (Fsp3) is 0.0952. The van der Waals surface area contributed by atoms with Crippen molar-refractivity contribution in [2.24, 2.45) is 0 Å². The summed E-state index contributed by atoms with van der Waals surface area (Å²) in [7, 11) is 0. The minimum Gasteiger partial charge on any atom is -0.316 e. The van der Waals surface area contributed by atoms with E-state index in [0.717, 1.165) is 17.3 Å². The summed E-state index contributed by atoms with van der Waals surface area (Å²) in [6, 6.07) is 14.4. The lowest BCUT2D eigenvalue weighted by atomic mass is 10.2. The van der Waals surface area contributed by atoms with E-state index in [4.69, 9.17) is 5.26 Å². The number of hydrogen-bond acceptors (Lipinski definition) is 7. The summed E-state index contributed by atoms with van der Waals surface area (Å²) in [5.41, 5.74) is 1.68. The summed E-state index contributed by atoms with van der Waals surface area (Å²) in [5, 5.41) is 14.9. The number of nitrogens with zero attached hydrogens (tertiary/aromatic N) is 4. The lowest BCUT2D eigenvalue weighted by Gasteiger charge is -2.12. The van der Waals surface area contributed by atoms with Crippen LogP contribution in [0.5, 0.6) is 0 Å². The maximum Gasteiger partial charge on any atom is 0.267 e. The van der Waals surface area contributed by atoms with E-state index in [2.05, 4.69) is 15.3 Å². The Hall–Kier alpha value is -3.48. The van der Waals surface area contributed by atoms with Crippen LogP contribution in [0.15, 0.2) is 64.0 Å². The topological polar surface area (TPSA) is 101 Å². The highest BCUT2D eigenvalue weighted by Gasteiger charge is 2.16. The van der Waals surface area contributed by atoms with Crippen molar-refractivity contribution in [2.45, 2.75) is 12.1 Å². The summed E-state index contributed by atoms with van der Waals surface area (Å²) in [5.74, 6) is 0.190. The van der Waals surface area contributed by atoms with Crippen LogP contribution in [0.25, 0.3) is 16.7 Å². The number of amides is 1. The van der Waals surface area contributed by atoms with E-state index in [1.807, 2.05) is 25.1 Å². The normalized spacial score (nSPS) is 10.7. The van der Waals surface area contributed by atoms with Crippen LogP contribution in [0, 0.1) is 18.3 Å². The Bertz CT molecular complexity index is 1350. The minimum atomic E-state index is -0.287. The van der Waals surface area contributed by atoms with Crippen LogP contribution in [0.2, 0.25) is 0 Å². The van der Waals surface area contributed by atoms with Gasteiger partial charge < -0.3 is 5.32 Å². The predicted molar refractivity (Wildman–Crippen MR) is 118 cm³/mol. The molecule has 7 nitrogen and oxygen atoms in total. The zero-order chi connectivity index (χ0) is 21.1. The van der Waals surface area contributed by atoms with Crippen molar-refractivity contribution in [3.63, 3.8) is 0 Å². The highest BCUT2D eigenvalue weighted by Crippen LogP contribution is 2.24. The molecule has 0 saturated heterocycles. The number of aromatic nitrogens is 3. The van der Waals surface area contributed by atoms with E-state index >= 15 is 0 Å². The summed E-state index contributed by atoms with van der Waals surface area (Å²) in [4.78, 5) is 34.5. The molecule has 1 amide bonds. The number of benzene rings is 1. The first-order chi connectivity index (χ1) is 14.6. The molecule has 9 heteroatoms. The van der Waals surface area contributed by atoms with Gasteiger partial charge in [-0.1, -0.05) is 23.9 Å². The fourth-order valence-electron chi connectivity index (χ4n) is 2.84. The third-order valence-corrected chi connectivity index (χ3v) is 6.01. The zero-order valence-electron chi connectivity index (χ0n) is 15.8. The molecule has 0 radical (unpaired) electrons. The first kappa shape index (κ1) is 19.8. The first-order valence-electron chi connectivity index (χ1n) is 8.92. The van der Waals surface area contributed by atoms with Crippen LogP contribution >= 0.6 is 23.1 Å². The quantitative estimate of drug-likeness (QED) is 0.380. The second-order valence-corrected chi connectivity index (χ2v) is 8.21. The Kier molecular flexibility index (Phi) is 5.61. The number of anilines is 1. The second-order valence-electron chi connectivity index (χ2n) is 6.36. The Morgan fingerprint density at radius 2 is 2.13 bits per heavy atom. The summed E-state index contributed by atoms with van der Waals surface area (Å²) in [6.07, 6.45) is 1.63. The lowest BCUT2D eigenvalue weighted by molar-refractivity contribution is -0.113. The lowest BCUT2D eigenvalue weighted by Crippen LogP contribution is -2.23. The van der Waals surface area contributed by atoms with Crippen LogP contribution in [-0.2, 0) is 4.79 Å². The minimum absolute atomic E-state index is 0.0271. The van der Waals surface area contributed by atoms with Crippen LogP contribution in [-0.4, -0.2) is 26.2 Å². The van der Waals surface area contributed by atoms with Gasteiger partial charge in [0.25, 0.3) is 5.56 Å². The van der Waals surface area contributed by atoms with Crippen molar-refractivity contribution >= 4 is 44.9 Å². The van der Waals surface area contributed by atoms with Gasteiger partial charge in [0.05, 0.1) is 22.2 Å². The van der Waals surface area contributed by atoms with Crippen LogP contribution in [0.1, 0.15) is 11.1 Å². The summed E-state index contributed by atoms with van der Waals surface area (Å²) >= 11 is 2.43. The van der Waals surface area contributed by atoms with Crippen LogP contribution in [0.3, 0.4) is 0 Å². The molecule has 30 heavy (non-hydrogen) atoms. The number of nitrogens with one attached hydrogen (secondary N) is 1. The van der Waals surface area contributed by atoms with Crippen molar-refractivity contribution in [1.29, 1.82) is 5.26 Å². The average Bonchev–Trinajstić information content (AvgIpc) is 3.19. The molecule has 3 heterocycles. The van der Waals surface area contributed by atoms with Gasteiger partial charge in [-0.2, -0.15) is 5.26 Å². The molecule has 0 fully saturated rings. The van der Waals surface area contributed by atoms with Gasteiger partial charge in [0.1, 0.15) is 16.9 Å². The maximum atomic E-state index is 13.2. The van der Waals surface area contributed by atoms with Crippen LogP contribution in [0.4, 0.5) is 5.00 Å². The van der Waals surface area contributed by atoms with Gasteiger partial charge in [-0.25, -0.2) is 14.5 Å². The van der Waals surface area contributed by atoms with E-state index in [9.17, 15) is 9.59 Å². The molecule has 4 aromatic rings. The highest BCUT2D eigenvalue weighted by molar-refractivity contribution is 7.99. The molecule has 3 aromatic heterocycles. The van der Waals surface area contributed by atoms with E-state index < -0.39 is 0 Å². The number of hydrogen-bond donors (Lipinski definition) is 1. The number of pyridine rings is 1. The van der Waals surface area contributed by atoms with Gasteiger partial charge in [0, 0.05) is 6.20 Å². The number of fused-ring (bicyclic) bond motifs is 1. The molecule has 0 spiro atoms. The zero-order valence-corrected chi connectivity index (χ0v) is 17.5. The number of nitriles is 1. The Morgan fingerprint density at radius 3 is 2.93 bits per heavy atom. The number of rotatable bonds is 5. The Balaban J connectivity index is 1.69. The molecular weight excluding hydrogens is 418 g/mol. The fourth-order valence-corrected chi connectivity index (χ4v) is 4.40. The Labute approximate surface area is 180 Å². The molecule has 0 saturated carbocycles. The molecule has 0 unspecified atom stereocenters. The number of carbonyl (C=O) groups excluding carboxylic acids is 1. The molecule has 0 aliphatic carbocycles. The maximum absolute atomic E-state index is 13.2. The van der Waals surface area contributed by atoms with Gasteiger partial charge >= 0.3 is 0 Å². The van der Waals surface area contributed by atoms with E-state index in [1.54, 1.807) is 41.9 Å². The molecule has 4 rings (SSSR count). The predicted octanol–water partition coefficient (Wildman–Crippen LogP) is 3.75. The number of para-hydroxylation sites is 1. The number of carbonyl (C=O) groups is 1. The van der Waals surface area contributed by atoms with Crippen molar-refractivity contribution in [1.82, 2.24) is 14.5 Å². The molecular formula is C21H15N5O2S2. The van der Waals surface area contributed by atoms with Crippen molar-refractivity contribution in [3.8, 4) is 11.9 Å². The van der Waals surface area contributed by atoms with Gasteiger partial charge in [-0.05, 0) is 48.2 Å². The monoisotopic (exact) mass is 433 g/mol. The first-order valence-corrected chi connectivity index (χ1v) is 10.8. The summed E-state index contributed by atoms with van der Waals surface area (Å²) < 4.78 is 1.43. The Morgan fingerprint density at radius 1 is 1.30 bits per heavy atom. The van der Waals surface area contributed by atoms with E-state index in [-0.39, 0.29) is 17.2 Å². The van der Waals surface area contributed by atoms with Crippen molar-refractivity contribution < 1.29 is 4.79 Å². The summed E-state index contributed by atoms with van der Waals surface area (Å²) in [6.45, 7) is 1.92. The highest BCUT2D eigenvalue weighted by atomic mass is 32.2. The van der Waals surface area contributed by atoms with Crippen molar-refractivity contribution in [2.75, 3.05) is 11.1 Å². The molecule has 1 N–H and O–H groups in total. The standard InChI is InChI=1S/C21H15N5O2S2/c1-13-6-8-23-17(10-13)26-20(28)15-4-2-3-5-16(15)24-21(26)30-12-18(27)25-19-14(11-22)7-9-29-19/h2-10H,12H2,1H3,(H,25,27). The molecule has 148 valence electrons. The number of thioether (sulfide) groups is 1. The van der Waals surface area contributed by atoms with E-state index in [0.29, 0.717) is 32.4 Å². The van der Waals surface area contributed by atoms with E-state index in [1.165, 1.54) is 15.9 Å². The number of thiophene rings is 1. The SMILES string of the molecule is Cc1ccnc(-n2c(SCC(=O)Nc3sccc3C#N)nc3ccccc3c2=O)c1. The molecule has 0 atom stereocenters. The third kappa shape index (κ3) is 3.96. The molecule has 0 bridgehead atoms. The third-order valence-electron chi connectivity index (χ3n) is 4.25.